The summed E-state index contributed by atoms with van der Waals surface area (Å²) in [6.07, 6.45) is -4.65. The normalized spacial score (nSPS) is 17.5. The van der Waals surface area contributed by atoms with E-state index in [1.807, 2.05) is 0 Å². The Balaban J connectivity index is 1.67. The van der Waals surface area contributed by atoms with Gasteiger partial charge in [0.25, 0.3) is 0 Å². The summed E-state index contributed by atoms with van der Waals surface area (Å²) in [6.45, 7) is 0.219. The third-order valence-electron chi connectivity index (χ3n) is 3.59. The first-order chi connectivity index (χ1) is 12.9. The molecule has 0 radical (unpaired) electrons. The lowest BCUT2D eigenvalue weighted by Crippen LogP contribution is -2.33. The Bertz CT molecular complexity index is 801. The second-order valence-corrected chi connectivity index (χ2v) is 5.75. The number of ether oxygens (including phenoxy) is 4. The van der Waals surface area contributed by atoms with E-state index in [2.05, 4.69) is 14.7 Å². The van der Waals surface area contributed by atoms with Crippen LogP contribution in [0.5, 0.6) is 11.6 Å². The average Bonchev–Trinajstić information content (AvgIpc) is 2.65. The highest BCUT2D eigenvalue weighted by molar-refractivity contribution is 5.60. The monoisotopic (exact) mass is 386 g/mol. The van der Waals surface area contributed by atoms with Gasteiger partial charge in [-0.1, -0.05) is 0 Å². The maximum atomic E-state index is 12.2. The van der Waals surface area contributed by atoms with Crippen molar-refractivity contribution in [2.45, 2.75) is 12.3 Å². The van der Waals surface area contributed by atoms with Gasteiger partial charge in [0, 0.05) is 6.07 Å². The molecular formula is C17H17F3N2O5. The molecule has 1 N–H and O–H groups in total. The molecule has 2 aromatic rings. The van der Waals surface area contributed by atoms with Crippen molar-refractivity contribution >= 4 is 0 Å². The van der Waals surface area contributed by atoms with E-state index in [-0.39, 0.29) is 24.3 Å². The molecule has 2 heterocycles. The fourth-order valence-corrected chi connectivity index (χ4v) is 2.37. The van der Waals surface area contributed by atoms with Crippen molar-refractivity contribution in [2.24, 2.45) is 0 Å². The van der Waals surface area contributed by atoms with Crippen LogP contribution in [0.2, 0.25) is 0 Å². The highest BCUT2D eigenvalue weighted by Gasteiger charge is 2.28. The quantitative estimate of drug-likeness (QED) is 0.820. The van der Waals surface area contributed by atoms with Gasteiger partial charge in [-0.05, 0) is 29.8 Å². The van der Waals surface area contributed by atoms with E-state index >= 15 is 0 Å². The molecule has 1 fully saturated rings. The fourth-order valence-electron chi connectivity index (χ4n) is 2.37. The number of hydrogen-bond acceptors (Lipinski definition) is 6. The molecule has 10 heteroatoms. The van der Waals surface area contributed by atoms with E-state index in [4.69, 9.17) is 14.2 Å². The van der Waals surface area contributed by atoms with E-state index < -0.39 is 18.5 Å². The molecule has 1 aliphatic heterocycles. The predicted molar refractivity (Wildman–Crippen MR) is 87.9 cm³/mol. The number of hydrogen-bond donors (Lipinski definition) is 1. The Morgan fingerprint density at radius 2 is 1.96 bits per heavy atom. The molecule has 0 aliphatic carbocycles. The predicted octanol–water partition coefficient (Wildman–Crippen LogP) is 2.17. The number of aromatic nitrogens is 2. The number of halogens is 3. The van der Waals surface area contributed by atoms with Crippen molar-refractivity contribution in [1.29, 1.82) is 0 Å². The van der Waals surface area contributed by atoms with Gasteiger partial charge in [0.05, 0.1) is 25.5 Å². The molecule has 0 saturated carbocycles. The molecule has 1 atom stereocenters. The van der Waals surface area contributed by atoms with Gasteiger partial charge in [-0.15, -0.1) is 0 Å². The zero-order chi connectivity index (χ0) is 19.3. The van der Waals surface area contributed by atoms with Crippen LogP contribution >= 0.6 is 0 Å². The SMILES string of the molecule is O=c1nc(OC[C@H]2COCCO2)cc(-c2ccc(OCC(F)(F)F)cc2)[nH]1. The van der Waals surface area contributed by atoms with E-state index in [1.54, 1.807) is 0 Å². The van der Waals surface area contributed by atoms with Crippen LogP contribution in [-0.4, -0.2) is 55.3 Å². The first-order valence-electron chi connectivity index (χ1n) is 8.12. The van der Waals surface area contributed by atoms with Gasteiger partial charge in [-0.25, -0.2) is 4.79 Å². The van der Waals surface area contributed by atoms with E-state index in [9.17, 15) is 18.0 Å². The van der Waals surface area contributed by atoms with Crippen molar-refractivity contribution in [1.82, 2.24) is 9.97 Å². The van der Waals surface area contributed by atoms with Crippen LogP contribution in [0, 0.1) is 0 Å². The summed E-state index contributed by atoms with van der Waals surface area (Å²) < 4.78 is 57.4. The lowest BCUT2D eigenvalue weighted by Gasteiger charge is -2.22. The summed E-state index contributed by atoms with van der Waals surface area (Å²) in [4.78, 5) is 18.1. The maximum absolute atomic E-state index is 12.2. The molecule has 0 amide bonds. The lowest BCUT2D eigenvalue weighted by molar-refractivity contribution is -0.153. The van der Waals surface area contributed by atoms with Crippen LogP contribution in [-0.2, 0) is 9.47 Å². The van der Waals surface area contributed by atoms with Crippen LogP contribution in [0.3, 0.4) is 0 Å². The fraction of sp³-hybridized carbons (Fsp3) is 0.412. The van der Waals surface area contributed by atoms with Crippen LogP contribution in [0.1, 0.15) is 0 Å². The molecule has 1 aliphatic rings. The Kier molecular flexibility index (Phi) is 5.97. The second kappa shape index (κ2) is 8.40. The zero-order valence-corrected chi connectivity index (χ0v) is 14.1. The van der Waals surface area contributed by atoms with Crippen molar-refractivity contribution in [3.63, 3.8) is 0 Å². The minimum Gasteiger partial charge on any atom is -0.484 e. The van der Waals surface area contributed by atoms with Crippen LogP contribution < -0.4 is 15.2 Å². The van der Waals surface area contributed by atoms with E-state index in [0.717, 1.165) is 0 Å². The van der Waals surface area contributed by atoms with Gasteiger partial charge in [0.15, 0.2) is 6.61 Å². The van der Waals surface area contributed by atoms with Gasteiger partial charge in [0.2, 0.25) is 5.88 Å². The smallest absolute Gasteiger partial charge is 0.422 e. The molecule has 0 unspecified atom stereocenters. The summed E-state index contributed by atoms with van der Waals surface area (Å²) >= 11 is 0. The molecule has 1 saturated heterocycles. The van der Waals surface area contributed by atoms with Gasteiger partial charge in [-0.2, -0.15) is 18.2 Å². The van der Waals surface area contributed by atoms with Crippen molar-refractivity contribution in [3.8, 4) is 22.9 Å². The highest BCUT2D eigenvalue weighted by atomic mass is 19.4. The van der Waals surface area contributed by atoms with Gasteiger partial charge < -0.3 is 23.9 Å². The van der Waals surface area contributed by atoms with Crippen LogP contribution in [0.25, 0.3) is 11.3 Å². The summed E-state index contributed by atoms with van der Waals surface area (Å²) in [5.74, 6) is 0.179. The standard InChI is InChI=1S/C17H17F3N2O5/c18-17(19,20)10-27-12-3-1-11(2-4-12)14-7-15(22-16(23)21-14)26-9-13-8-24-5-6-25-13/h1-4,7,13H,5-6,8-10H2,(H,21,22,23)/t13-/m1/s1. The summed E-state index contributed by atoms with van der Waals surface area (Å²) in [7, 11) is 0. The molecule has 7 nitrogen and oxygen atoms in total. The van der Waals surface area contributed by atoms with E-state index in [1.165, 1.54) is 30.3 Å². The number of benzene rings is 1. The molecule has 1 aromatic heterocycles. The highest BCUT2D eigenvalue weighted by Crippen LogP contribution is 2.23. The third-order valence-corrected chi connectivity index (χ3v) is 3.59. The number of aromatic amines is 1. The Labute approximate surface area is 152 Å². The Hall–Kier alpha value is -2.59. The van der Waals surface area contributed by atoms with Crippen molar-refractivity contribution in [3.05, 3.63) is 40.8 Å². The minimum atomic E-state index is -4.41. The first kappa shape index (κ1) is 19.2. The zero-order valence-electron chi connectivity index (χ0n) is 14.1. The van der Waals surface area contributed by atoms with E-state index in [0.29, 0.717) is 31.1 Å². The van der Waals surface area contributed by atoms with Crippen LogP contribution in [0.4, 0.5) is 13.2 Å². The van der Waals surface area contributed by atoms with Gasteiger partial charge in [0.1, 0.15) is 18.5 Å². The Morgan fingerprint density at radius 3 is 2.63 bits per heavy atom. The maximum Gasteiger partial charge on any atom is 0.422 e. The molecular weight excluding hydrogens is 369 g/mol. The topological polar surface area (TPSA) is 82.7 Å². The first-order valence-corrected chi connectivity index (χ1v) is 8.12. The number of rotatable bonds is 6. The Morgan fingerprint density at radius 1 is 1.19 bits per heavy atom. The van der Waals surface area contributed by atoms with Gasteiger partial charge >= 0.3 is 11.9 Å². The van der Waals surface area contributed by atoms with Gasteiger partial charge in [-0.3, -0.25) is 0 Å². The molecule has 146 valence electrons. The number of nitrogens with one attached hydrogen (secondary N) is 1. The average molecular weight is 386 g/mol. The molecule has 3 rings (SSSR count). The second-order valence-electron chi connectivity index (χ2n) is 5.75. The molecule has 0 bridgehead atoms. The summed E-state index contributed by atoms with van der Waals surface area (Å²) in [5, 5.41) is 0. The number of alkyl halides is 3. The third kappa shape index (κ3) is 5.97. The lowest BCUT2D eigenvalue weighted by atomic mass is 10.1. The number of nitrogens with zero attached hydrogens (tertiary/aromatic N) is 1. The summed E-state index contributed by atoms with van der Waals surface area (Å²) in [5.41, 5.74) is 0.366. The minimum absolute atomic E-state index is 0.0680. The number of H-pyrrole nitrogens is 1. The molecule has 0 spiro atoms. The molecule has 27 heavy (non-hydrogen) atoms. The summed E-state index contributed by atoms with van der Waals surface area (Å²) in [6, 6.07) is 7.34. The van der Waals surface area contributed by atoms with Crippen LogP contribution in [0.15, 0.2) is 35.1 Å². The van der Waals surface area contributed by atoms with Crippen molar-refractivity contribution < 1.29 is 32.1 Å². The van der Waals surface area contributed by atoms with Crippen molar-refractivity contribution in [2.75, 3.05) is 33.0 Å². The largest absolute Gasteiger partial charge is 0.484 e. The molecule has 1 aromatic carbocycles.